The van der Waals surface area contributed by atoms with Crippen molar-refractivity contribution in [1.82, 2.24) is 0 Å². The highest BCUT2D eigenvalue weighted by molar-refractivity contribution is 5.54. The van der Waals surface area contributed by atoms with Gasteiger partial charge in [-0.3, -0.25) is 0 Å². The fourth-order valence-corrected chi connectivity index (χ4v) is 1.88. The molecule has 82 valence electrons. The summed E-state index contributed by atoms with van der Waals surface area (Å²) in [5.74, 6) is 0.639. The zero-order chi connectivity index (χ0) is 10.5. The van der Waals surface area contributed by atoms with E-state index in [1.54, 1.807) is 0 Å². The number of anilines is 2. The van der Waals surface area contributed by atoms with E-state index in [2.05, 4.69) is 5.32 Å². The van der Waals surface area contributed by atoms with E-state index in [0.717, 1.165) is 31.1 Å². The van der Waals surface area contributed by atoms with Gasteiger partial charge >= 0.3 is 0 Å². The molecular formula is C12H18N2O. The van der Waals surface area contributed by atoms with E-state index in [1.165, 1.54) is 12.8 Å². The molecule has 0 amide bonds. The Morgan fingerprint density at radius 3 is 3.13 bits per heavy atom. The van der Waals surface area contributed by atoms with E-state index in [-0.39, 0.29) is 0 Å². The third-order valence-corrected chi connectivity index (χ3v) is 2.74. The predicted molar refractivity (Wildman–Crippen MR) is 62.9 cm³/mol. The van der Waals surface area contributed by atoms with Crippen LogP contribution in [0.4, 0.5) is 11.4 Å². The molecule has 1 heterocycles. The third kappa shape index (κ3) is 3.13. The van der Waals surface area contributed by atoms with E-state index in [0.29, 0.717) is 5.92 Å². The van der Waals surface area contributed by atoms with Crippen molar-refractivity contribution in [2.45, 2.75) is 12.8 Å². The summed E-state index contributed by atoms with van der Waals surface area (Å²) >= 11 is 0. The van der Waals surface area contributed by atoms with Crippen LogP contribution in [0.1, 0.15) is 12.8 Å². The van der Waals surface area contributed by atoms with Gasteiger partial charge in [0.05, 0.1) is 6.61 Å². The number of nitrogens with two attached hydrogens (primary N) is 1. The summed E-state index contributed by atoms with van der Waals surface area (Å²) in [4.78, 5) is 0. The fraction of sp³-hybridized carbons (Fsp3) is 0.500. The van der Waals surface area contributed by atoms with Crippen LogP contribution in [-0.2, 0) is 4.74 Å². The van der Waals surface area contributed by atoms with Crippen LogP contribution in [0.15, 0.2) is 24.3 Å². The maximum absolute atomic E-state index is 5.70. The summed E-state index contributed by atoms with van der Waals surface area (Å²) in [6.07, 6.45) is 2.44. The smallest absolute Gasteiger partial charge is 0.0511 e. The van der Waals surface area contributed by atoms with E-state index >= 15 is 0 Å². The topological polar surface area (TPSA) is 47.3 Å². The molecule has 1 unspecified atom stereocenters. The minimum absolute atomic E-state index is 0.639. The number of hydrogen-bond donors (Lipinski definition) is 2. The monoisotopic (exact) mass is 206 g/mol. The lowest BCUT2D eigenvalue weighted by Crippen LogP contribution is -2.24. The van der Waals surface area contributed by atoms with E-state index in [4.69, 9.17) is 10.5 Å². The minimum atomic E-state index is 0.639. The van der Waals surface area contributed by atoms with Gasteiger partial charge in [0.1, 0.15) is 0 Å². The molecule has 1 aromatic rings. The van der Waals surface area contributed by atoms with Crippen molar-refractivity contribution in [2.24, 2.45) is 5.92 Å². The SMILES string of the molecule is Nc1cccc(NCC2CCCOC2)c1. The summed E-state index contributed by atoms with van der Waals surface area (Å²) in [6, 6.07) is 7.87. The van der Waals surface area contributed by atoms with Crippen molar-refractivity contribution in [3.63, 3.8) is 0 Å². The predicted octanol–water partition coefficient (Wildman–Crippen LogP) is 2.11. The van der Waals surface area contributed by atoms with Crippen molar-refractivity contribution in [2.75, 3.05) is 30.8 Å². The molecule has 2 rings (SSSR count). The molecule has 15 heavy (non-hydrogen) atoms. The number of nitrogen functional groups attached to an aromatic ring is 1. The molecule has 3 nitrogen and oxygen atoms in total. The Morgan fingerprint density at radius 2 is 2.40 bits per heavy atom. The second-order valence-electron chi connectivity index (χ2n) is 4.09. The quantitative estimate of drug-likeness (QED) is 0.745. The molecule has 0 bridgehead atoms. The largest absolute Gasteiger partial charge is 0.399 e. The summed E-state index contributed by atoms with van der Waals surface area (Å²) < 4.78 is 5.43. The summed E-state index contributed by atoms with van der Waals surface area (Å²) in [5.41, 5.74) is 7.61. The van der Waals surface area contributed by atoms with Gasteiger partial charge in [-0.2, -0.15) is 0 Å². The second kappa shape index (κ2) is 5.03. The number of rotatable bonds is 3. The lowest BCUT2D eigenvalue weighted by atomic mass is 10.0. The van der Waals surface area contributed by atoms with Crippen molar-refractivity contribution in [3.8, 4) is 0 Å². The first-order chi connectivity index (χ1) is 7.34. The maximum atomic E-state index is 5.70. The van der Waals surface area contributed by atoms with Gasteiger partial charge in [-0.25, -0.2) is 0 Å². The Balaban J connectivity index is 1.81. The van der Waals surface area contributed by atoms with Crippen molar-refractivity contribution >= 4 is 11.4 Å². The van der Waals surface area contributed by atoms with Crippen LogP contribution in [0.2, 0.25) is 0 Å². The first-order valence-electron chi connectivity index (χ1n) is 5.52. The molecule has 1 saturated heterocycles. The lowest BCUT2D eigenvalue weighted by Gasteiger charge is -2.22. The van der Waals surface area contributed by atoms with Crippen LogP contribution in [0.5, 0.6) is 0 Å². The first kappa shape index (κ1) is 10.3. The number of ether oxygens (including phenoxy) is 1. The Kier molecular flexibility index (Phi) is 3.45. The lowest BCUT2D eigenvalue weighted by molar-refractivity contribution is 0.0595. The number of benzene rings is 1. The van der Waals surface area contributed by atoms with Crippen LogP contribution in [0.3, 0.4) is 0 Å². The Morgan fingerprint density at radius 1 is 1.47 bits per heavy atom. The molecule has 0 spiro atoms. The molecule has 1 aliphatic heterocycles. The molecule has 1 fully saturated rings. The fourth-order valence-electron chi connectivity index (χ4n) is 1.88. The van der Waals surface area contributed by atoms with E-state index in [9.17, 15) is 0 Å². The van der Waals surface area contributed by atoms with Crippen molar-refractivity contribution in [3.05, 3.63) is 24.3 Å². The number of hydrogen-bond acceptors (Lipinski definition) is 3. The summed E-state index contributed by atoms with van der Waals surface area (Å²) in [5, 5.41) is 3.40. The third-order valence-electron chi connectivity index (χ3n) is 2.74. The van der Waals surface area contributed by atoms with Gasteiger partial charge in [0.25, 0.3) is 0 Å². The molecule has 1 aromatic carbocycles. The molecule has 0 aromatic heterocycles. The van der Waals surface area contributed by atoms with Gasteiger partial charge in [0.2, 0.25) is 0 Å². The second-order valence-corrected chi connectivity index (χ2v) is 4.09. The van der Waals surface area contributed by atoms with Gasteiger partial charge in [0, 0.05) is 24.5 Å². The molecule has 1 aliphatic rings. The summed E-state index contributed by atoms with van der Waals surface area (Å²) in [7, 11) is 0. The molecule has 3 heteroatoms. The van der Waals surface area contributed by atoms with Gasteiger partial charge in [-0.1, -0.05) is 6.07 Å². The van der Waals surface area contributed by atoms with Crippen molar-refractivity contribution < 1.29 is 4.74 Å². The molecule has 0 radical (unpaired) electrons. The zero-order valence-electron chi connectivity index (χ0n) is 8.91. The summed E-state index contributed by atoms with van der Waals surface area (Å²) in [6.45, 7) is 2.79. The minimum Gasteiger partial charge on any atom is -0.399 e. The van der Waals surface area contributed by atoms with Gasteiger partial charge in [0.15, 0.2) is 0 Å². The highest BCUT2D eigenvalue weighted by Gasteiger charge is 2.13. The molecular weight excluding hydrogens is 188 g/mol. The standard InChI is InChI=1S/C12H18N2O/c13-11-4-1-5-12(7-11)14-8-10-3-2-6-15-9-10/h1,4-5,7,10,14H,2-3,6,8-9,13H2. The van der Waals surface area contributed by atoms with Crippen LogP contribution in [0.25, 0.3) is 0 Å². The maximum Gasteiger partial charge on any atom is 0.0511 e. The normalized spacial score (nSPS) is 21.2. The van der Waals surface area contributed by atoms with Gasteiger partial charge in [-0.15, -0.1) is 0 Å². The van der Waals surface area contributed by atoms with Gasteiger partial charge in [-0.05, 0) is 37.0 Å². The Hall–Kier alpha value is -1.22. The average molecular weight is 206 g/mol. The molecule has 0 saturated carbocycles. The average Bonchev–Trinajstić information content (AvgIpc) is 2.28. The highest BCUT2D eigenvalue weighted by atomic mass is 16.5. The molecule has 1 atom stereocenters. The molecule has 0 aliphatic carbocycles. The Labute approximate surface area is 90.6 Å². The van der Waals surface area contributed by atoms with E-state index in [1.807, 2.05) is 24.3 Å². The zero-order valence-corrected chi connectivity index (χ0v) is 8.91. The van der Waals surface area contributed by atoms with Crippen LogP contribution >= 0.6 is 0 Å². The Bertz CT molecular complexity index is 308. The van der Waals surface area contributed by atoms with Crippen LogP contribution in [0, 0.1) is 5.92 Å². The van der Waals surface area contributed by atoms with E-state index < -0.39 is 0 Å². The van der Waals surface area contributed by atoms with Gasteiger partial charge < -0.3 is 15.8 Å². The number of nitrogens with one attached hydrogen (secondary N) is 1. The van der Waals surface area contributed by atoms with Crippen LogP contribution in [-0.4, -0.2) is 19.8 Å². The molecule has 3 N–H and O–H groups in total. The first-order valence-corrected chi connectivity index (χ1v) is 5.52. The van der Waals surface area contributed by atoms with Crippen molar-refractivity contribution in [1.29, 1.82) is 0 Å². The van der Waals surface area contributed by atoms with Crippen LogP contribution < -0.4 is 11.1 Å². The highest BCUT2D eigenvalue weighted by Crippen LogP contribution is 2.16.